The molecule has 2 atom stereocenters. The topological polar surface area (TPSA) is 96.7 Å². The molecule has 2 aliphatic heterocycles. The molecular formula is C23H30N4O4. The summed E-state index contributed by atoms with van der Waals surface area (Å²) >= 11 is 0. The second-order valence-corrected chi connectivity index (χ2v) is 9.33. The standard InChI is InChI=1S/C23H30N4O4/c1-14-4-6-15(7-5-14)25-22(29)19-20(28)18-3-2-8-24-21(18)27(23(19)30)10-9-26-12-17-11-16(26)13-31-17/h2-3,8,14-17,28H,4-7,9-13H2,1H3,(H,25,29)/t14-,15+,16?,17?. The van der Waals surface area contributed by atoms with Crippen LogP contribution in [0, 0.1) is 5.92 Å². The van der Waals surface area contributed by atoms with Crippen LogP contribution in [0.4, 0.5) is 0 Å². The van der Waals surface area contributed by atoms with Gasteiger partial charge in [0.2, 0.25) is 0 Å². The average Bonchev–Trinajstić information content (AvgIpc) is 3.39. The molecule has 2 aromatic heterocycles. The Morgan fingerprint density at radius 3 is 2.81 bits per heavy atom. The Hall–Kier alpha value is -2.45. The van der Waals surface area contributed by atoms with Crippen molar-refractivity contribution in [2.75, 3.05) is 19.7 Å². The van der Waals surface area contributed by atoms with Crippen molar-refractivity contribution in [1.82, 2.24) is 19.8 Å². The Morgan fingerprint density at radius 2 is 2.10 bits per heavy atom. The number of pyridine rings is 2. The summed E-state index contributed by atoms with van der Waals surface area (Å²) in [6.45, 7) is 4.93. The minimum atomic E-state index is -0.491. The number of rotatable bonds is 5. The molecule has 3 aliphatic rings. The molecule has 166 valence electrons. The minimum absolute atomic E-state index is 0.0423. The summed E-state index contributed by atoms with van der Waals surface area (Å²) in [5.41, 5.74) is -0.245. The zero-order valence-electron chi connectivity index (χ0n) is 17.9. The van der Waals surface area contributed by atoms with E-state index in [0.29, 0.717) is 36.1 Å². The number of nitrogens with one attached hydrogen (secondary N) is 1. The van der Waals surface area contributed by atoms with Crippen LogP contribution in [0.1, 0.15) is 49.4 Å². The monoisotopic (exact) mass is 426 g/mol. The smallest absolute Gasteiger partial charge is 0.268 e. The van der Waals surface area contributed by atoms with Gasteiger partial charge in [0.15, 0.2) is 0 Å². The van der Waals surface area contributed by atoms with Gasteiger partial charge < -0.3 is 15.2 Å². The number of aromatic nitrogens is 2. The number of amides is 1. The van der Waals surface area contributed by atoms with E-state index in [1.807, 2.05) is 0 Å². The molecule has 1 saturated carbocycles. The van der Waals surface area contributed by atoms with E-state index in [0.717, 1.165) is 45.3 Å². The van der Waals surface area contributed by atoms with Crippen molar-refractivity contribution in [1.29, 1.82) is 0 Å². The van der Waals surface area contributed by atoms with Crippen molar-refractivity contribution in [3.63, 3.8) is 0 Å². The molecule has 4 heterocycles. The van der Waals surface area contributed by atoms with Gasteiger partial charge in [-0.3, -0.25) is 19.1 Å². The molecule has 8 heteroatoms. The molecule has 2 aromatic rings. The zero-order valence-corrected chi connectivity index (χ0v) is 17.9. The highest BCUT2D eigenvalue weighted by atomic mass is 16.5. The van der Waals surface area contributed by atoms with E-state index >= 15 is 0 Å². The number of morpholine rings is 1. The molecule has 2 unspecified atom stereocenters. The highest BCUT2D eigenvalue weighted by Gasteiger charge is 2.38. The predicted molar refractivity (Wildman–Crippen MR) is 116 cm³/mol. The molecule has 5 rings (SSSR count). The Labute approximate surface area is 181 Å². The molecule has 1 amide bonds. The second kappa shape index (κ2) is 8.24. The van der Waals surface area contributed by atoms with Gasteiger partial charge in [-0.1, -0.05) is 6.92 Å². The molecule has 2 N–H and O–H groups in total. The van der Waals surface area contributed by atoms with Crippen molar-refractivity contribution < 1.29 is 14.6 Å². The third-order valence-corrected chi connectivity index (χ3v) is 7.20. The highest BCUT2D eigenvalue weighted by Crippen LogP contribution is 2.29. The van der Waals surface area contributed by atoms with E-state index in [9.17, 15) is 14.7 Å². The van der Waals surface area contributed by atoms with Gasteiger partial charge in [0, 0.05) is 37.9 Å². The fraction of sp³-hybridized carbons (Fsp3) is 0.609. The number of hydrogen-bond donors (Lipinski definition) is 2. The van der Waals surface area contributed by atoms with E-state index in [1.165, 1.54) is 0 Å². The van der Waals surface area contributed by atoms with Crippen LogP contribution < -0.4 is 10.9 Å². The molecule has 0 aromatic carbocycles. The first-order valence-electron chi connectivity index (χ1n) is 11.4. The zero-order chi connectivity index (χ0) is 21.5. The number of fused-ring (bicyclic) bond motifs is 3. The number of nitrogens with zero attached hydrogens (tertiary/aromatic N) is 3. The highest BCUT2D eigenvalue weighted by molar-refractivity contribution is 6.01. The van der Waals surface area contributed by atoms with E-state index in [1.54, 1.807) is 22.9 Å². The van der Waals surface area contributed by atoms with Crippen molar-refractivity contribution >= 4 is 16.9 Å². The molecule has 0 spiro atoms. The Kier molecular flexibility index (Phi) is 5.44. The van der Waals surface area contributed by atoms with Crippen LogP contribution in [0.5, 0.6) is 5.75 Å². The summed E-state index contributed by atoms with van der Waals surface area (Å²) in [5, 5.41) is 14.2. The summed E-state index contributed by atoms with van der Waals surface area (Å²) in [7, 11) is 0. The fourth-order valence-electron chi connectivity index (χ4n) is 5.32. The van der Waals surface area contributed by atoms with Crippen LogP contribution in [-0.2, 0) is 11.3 Å². The van der Waals surface area contributed by atoms with Gasteiger partial charge in [-0.15, -0.1) is 0 Å². The van der Waals surface area contributed by atoms with Crippen molar-refractivity contribution in [3.05, 3.63) is 34.2 Å². The average molecular weight is 427 g/mol. The summed E-state index contributed by atoms with van der Waals surface area (Å²) in [6.07, 6.45) is 6.85. The van der Waals surface area contributed by atoms with Crippen molar-refractivity contribution in [2.24, 2.45) is 5.92 Å². The molecule has 1 aliphatic carbocycles. The third-order valence-electron chi connectivity index (χ3n) is 7.20. The van der Waals surface area contributed by atoms with E-state index in [4.69, 9.17) is 4.74 Å². The summed E-state index contributed by atoms with van der Waals surface area (Å²) in [4.78, 5) is 33.1. The largest absolute Gasteiger partial charge is 0.506 e. The Morgan fingerprint density at radius 1 is 1.29 bits per heavy atom. The van der Waals surface area contributed by atoms with Crippen molar-refractivity contribution in [2.45, 2.75) is 63.8 Å². The molecule has 2 saturated heterocycles. The van der Waals surface area contributed by atoms with Crippen LogP contribution in [0.15, 0.2) is 23.1 Å². The number of carbonyl (C=O) groups excluding carboxylic acids is 1. The van der Waals surface area contributed by atoms with E-state index < -0.39 is 11.5 Å². The van der Waals surface area contributed by atoms with Gasteiger partial charge in [0.25, 0.3) is 11.5 Å². The van der Waals surface area contributed by atoms with Crippen molar-refractivity contribution in [3.8, 4) is 5.75 Å². The first kappa shape index (κ1) is 20.5. The molecule has 8 nitrogen and oxygen atoms in total. The molecule has 31 heavy (non-hydrogen) atoms. The lowest BCUT2D eigenvalue weighted by molar-refractivity contribution is 0.0294. The quantitative estimate of drug-likeness (QED) is 0.758. The van der Waals surface area contributed by atoms with Crippen LogP contribution in [0.3, 0.4) is 0 Å². The van der Waals surface area contributed by atoms with E-state index in [-0.39, 0.29) is 23.5 Å². The lowest BCUT2D eigenvalue weighted by Gasteiger charge is -2.28. The summed E-state index contributed by atoms with van der Waals surface area (Å²) in [6, 6.07) is 3.85. The first-order valence-corrected chi connectivity index (χ1v) is 11.4. The summed E-state index contributed by atoms with van der Waals surface area (Å²) < 4.78 is 7.21. The number of carbonyl (C=O) groups is 1. The van der Waals surface area contributed by atoms with Crippen LogP contribution in [-0.4, -0.2) is 63.3 Å². The van der Waals surface area contributed by atoms with Gasteiger partial charge in [-0.2, -0.15) is 0 Å². The second-order valence-electron chi connectivity index (χ2n) is 9.33. The lowest BCUT2D eigenvalue weighted by Crippen LogP contribution is -2.42. The fourth-order valence-corrected chi connectivity index (χ4v) is 5.32. The lowest BCUT2D eigenvalue weighted by atomic mass is 9.87. The maximum Gasteiger partial charge on any atom is 0.268 e. The van der Waals surface area contributed by atoms with Crippen LogP contribution >= 0.6 is 0 Å². The Balaban J connectivity index is 1.44. The van der Waals surface area contributed by atoms with E-state index in [2.05, 4.69) is 22.1 Å². The van der Waals surface area contributed by atoms with Gasteiger partial charge in [-0.25, -0.2) is 4.98 Å². The third kappa shape index (κ3) is 3.83. The maximum absolute atomic E-state index is 13.4. The van der Waals surface area contributed by atoms with Gasteiger partial charge >= 0.3 is 0 Å². The normalized spacial score (nSPS) is 28.3. The first-order chi connectivity index (χ1) is 15.0. The predicted octanol–water partition coefficient (Wildman–Crippen LogP) is 1.88. The molecule has 0 radical (unpaired) electrons. The van der Waals surface area contributed by atoms with Crippen LogP contribution in [0.25, 0.3) is 11.0 Å². The SMILES string of the molecule is C[C@H]1CC[C@@H](NC(=O)c2c(O)c3cccnc3n(CCN3CC4CC3CO4)c2=O)CC1. The van der Waals surface area contributed by atoms with Gasteiger partial charge in [0.1, 0.15) is 17.0 Å². The number of likely N-dealkylation sites (tertiary alicyclic amines) is 1. The minimum Gasteiger partial charge on any atom is -0.506 e. The number of aromatic hydroxyl groups is 1. The Bertz CT molecular complexity index is 1040. The molecule has 2 bridgehead atoms. The molecular weight excluding hydrogens is 396 g/mol. The molecule has 3 fully saturated rings. The maximum atomic E-state index is 13.4. The summed E-state index contributed by atoms with van der Waals surface area (Å²) in [5.74, 6) is -0.105. The number of hydrogen-bond acceptors (Lipinski definition) is 6. The number of ether oxygens (including phenoxy) is 1. The van der Waals surface area contributed by atoms with Gasteiger partial charge in [0.05, 0.1) is 18.1 Å². The van der Waals surface area contributed by atoms with Gasteiger partial charge in [-0.05, 0) is 50.2 Å². The van der Waals surface area contributed by atoms with Crippen LogP contribution in [0.2, 0.25) is 0 Å².